The van der Waals surface area contributed by atoms with Crippen LogP contribution in [0.1, 0.15) is 5.56 Å². The Morgan fingerprint density at radius 1 is 1.52 bits per heavy atom. The summed E-state index contributed by atoms with van der Waals surface area (Å²) >= 11 is 0. The first-order valence-electron chi connectivity index (χ1n) is 7.56. The number of amides is 1. The number of fused-ring (bicyclic) bond motifs is 1. The van der Waals surface area contributed by atoms with E-state index in [2.05, 4.69) is 5.32 Å². The van der Waals surface area contributed by atoms with Gasteiger partial charge in [-0.05, 0) is 23.2 Å². The Hall–Kier alpha value is -2.43. The van der Waals surface area contributed by atoms with E-state index >= 15 is 0 Å². The Balaban J connectivity index is 1.99. The van der Waals surface area contributed by atoms with Crippen LogP contribution in [0.15, 0.2) is 23.4 Å². The molecule has 2 aliphatic heterocycles. The summed E-state index contributed by atoms with van der Waals surface area (Å²) in [6.07, 6.45) is 0. The topological polar surface area (TPSA) is 108 Å². The number of hydrogen-bond acceptors (Lipinski definition) is 7. The third-order valence-electron chi connectivity index (χ3n) is 4.11. The number of esters is 1. The number of carbonyl (C=O) groups excluding carboxylic acids is 2. The maximum Gasteiger partial charge on any atom is 0.491 e. The zero-order valence-electron chi connectivity index (χ0n) is 13.4. The van der Waals surface area contributed by atoms with Gasteiger partial charge in [-0.15, -0.1) is 0 Å². The largest absolute Gasteiger partial charge is 0.491 e. The molecule has 3 N–H and O–H groups in total. The Kier molecular flexibility index (Phi) is 4.75. The standard InChI is InChI=1S/C15H16BFN2O6/c1-24-15(22)9-6-19(2-3-20)14(21)13(9)18-12-5-8(17)4-11-10(12)7-25-16(11)23/h4-5,18,20,23H,2-3,6-7H2,1H3. The molecule has 0 radical (unpaired) electrons. The van der Waals surface area contributed by atoms with Crippen LogP contribution in [0.4, 0.5) is 10.1 Å². The quantitative estimate of drug-likeness (QED) is 0.448. The van der Waals surface area contributed by atoms with Crippen molar-refractivity contribution in [3.8, 4) is 0 Å². The molecule has 0 saturated heterocycles. The van der Waals surface area contributed by atoms with Gasteiger partial charge in [-0.1, -0.05) is 0 Å². The van der Waals surface area contributed by atoms with Crippen molar-refractivity contribution in [1.82, 2.24) is 4.90 Å². The van der Waals surface area contributed by atoms with E-state index in [1.165, 1.54) is 12.0 Å². The van der Waals surface area contributed by atoms with Crippen LogP contribution in [-0.4, -0.2) is 60.8 Å². The molecular formula is C15H16BFN2O6. The zero-order chi connectivity index (χ0) is 18.1. The number of aliphatic hydroxyl groups is 1. The number of benzene rings is 1. The second-order valence-electron chi connectivity index (χ2n) is 5.60. The van der Waals surface area contributed by atoms with Crippen molar-refractivity contribution in [2.75, 3.05) is 32.1 Å². The SMILES string of the molecule is COC(=O)C1=C(Nc2cc(F)cc3c2COB3O)C(=O)N(CCO)C1. The summed E-state index contributed by atoms with van der Waals surface area (Å²) < 4.78 is 23.6. The molecule has 25 heavy (non-hydrogen) atoms. The van der Waals surface area contributed by atoms with Crippen LogP contribution in [-0.2, 0) is 25.6 Å². The van der Waals surface area contributed by atoms with Gasteiger partial charge in [-0.2, -0.15) is 0 Å². The molecule has 1 aromatic carbocycles. The van der Waals surface area contributed by atoms with E-state index < -0.39 is 24.8 Å². The molecule has 0 spiro atoms. The van der Waals surface area contributed by atoms with E-state index in [0.717, 1.165) is 12.1 Å². The minimum Gasteiger partial charge on any atom is -0.466 e. The number of methoxy groups -OCH3 is 1. The minimum atomic E-state index is -1.24. The summed E-state index contributed by atoms with van der Waals surface area (Å²) in [5.41, 5.74) is 1.02. The normalized spacial score (nSPS) is 16.6. The lowest BCUT2D eigenvalue weighted by Crippen LogP contribution is -2.32. The fourth-order valence-corrected chi connectivity index (χ4v) is 2.89. The van der Waals surface area contributed by atoms with Crippen molar-refractivity contribution in [1.29, 1.82) is 0 Å². The summed E-state index contributed by atoms with van der Waals surface area (Å²) in [5, 5.41) is 21.6. The lowest BCUT2D eigenvalue weighted by molar-refractivity contribution is -0.136. The number of ether oxygens (including phenoxy) is 1. The van der Waals surface area contributed by atoms with Gasteiger partial charge in [0.25, 0.3) is 5.91 Å². The van der Waals surface area contributed by atoms with Gasteiger partial charge < -0.3 is 29.7 Å². The van der Waals surface area contributed by atoms with Crippen LogP contribution in [0.25, 0.3) is 0 Å². The third-order valence-corrected chi connectivity index (χ3v) is 4.11. The van der Waals surface area contributed by atoms with Gasteiger partial charge >= 0.3 is 13.1 Å². The van der Waals surface area contributed by atoms with Crippen molar-refractivity contribution in [3.05, 3.63) is 34.8 Å². The van der Waals surface area contributed by atoms with Crippen molar-refractivity contribution < 1.29 is 33.5 Å². The molecule has 1 amide bonds. The van der Waals surface area contributed by atoms with Crippen LogP contribution in [0, 0.1) is 5.82 Å². The maximum atomic E-state index is 13.8. The molecule has 1 aromatic rings. The predicted molar refractivity (Wildman–Crippen MR) is 85.1 cm³/mol. The van der Waals surface area contributed by atoms with Crippen LogP contribution in [0.2, 0.25) is 0 Å². The van der Waals surface area contributed by atoms with Crippen LogP contribution in [0.3, 0.4) is 0 Å². The van der Waals surface area contributed by atoms with Gasteiger partial charge in [-0.3, -0.25) is 4.79 Å². The predicted octanol–water partition coefficient (Wildman–Crippen LogP) is -1.28. The fraction of sp³-hybridized carbons (Fsp3) is 0.333. The van der Waals surface area contributed by atoms with Gasteiger partial charge in [0.05, 0.1) is 32.4 Å². The van der Waals surface area contributed by atoms with E-state index in [1.54, 1.807) is 0 Å². The zero-order valence-corrected chi connectivity index (χ0v) is 13.4. The highest BCUT2D eigenvalue weighted by Crippen LogP contribution is 2.27. The van der Waals surface area contributed by atoms with Crippen molar-refractivity contribution in [3.63, 3.8) is 0 Å². The molecule has 3 rings (SSSR count). The van der Waals surface area contributed by atoms with Gasteiger partial charge in [0.15, 0.2) is 0 Å². The van der Waals surface area contributed by atoms with Crippen molar-refractivity contribution >= 4 is 30.1 Å². The highest BCUT2D eigenvalue weighted by Gasteiger charge is 2.36. The molecule has 0 unspecified atom stereocenters. The second-order valence-corrected chi connectivity index (χ2v) is 5.60. The number of hydrogen-bond donors (Lipinski definition) is 3. The van der Waals surface area contributed by atoms with E-state index in [9.17, 15) is 19.0 Å². The van der Waals surface area contributed by atoms with Gasteiger partial charge in [0.2, 0.25) is 0 Å². The Morgan fingerprint density at radius 2 is 2.28 bits per heavy atom. The number of aliphatic hydroxyl groups excluding tert-OH is 1. The molecule has 0 aromatic heterocycles. The molecule has 0 atom stereocenters. The smallest absolute Gasteiger partial charge is 0.466 e. The average molecular weight is 350 g/mol. The molecule has 132 valence electrons. The number of nitrogens with one attached hydrogen (secondary N) is 1. The third kappa shape index (κ3) is 3.11. The number of carbonyl (C=O) groups is 2. The Bertz CT molecular complexity index is 769. The summed E-state index contributed by atoms with van der Waals surface area (Å²) in [5.74, 6) is -1.82. The number of anilines is 1. The van der Waals surface area contributed by atoms with Crippen LogP contribution in [0.5, 0.6) is 0 Å². The Labute approximate surface area is 143 Å². The molecule has 2 heterocycles. The summed E-state index contributed by atoms with van der Waals surface area (Å²) in [6.45, 7) is -0.198. The first-order valence-corrected chi connectivity index (χ1v) is 7.56. The molecule has 0 fully saturated rings. The highest BCUT2D eigenvalue weighted by atomic mass is 19.1. The lowest BCUT2D eigenvalue weighted by atomic mass is 9.79. The summed E-state index contributed by atoms with van der Waals surface area (Å²) in [7, 11) is -0.0542. The first kappa shape index (κ1) is 17.4. The second kappa shape index (κ2) is 6.83. The fourth-order valence-electron chi connectivity index (χ4n) is 2.89. The Morgan fingerprint density at radius 3 is 2.96 bits per heavy atom. The molecule has 10 heteroatoms. The van der Waals surface area contributed by atoms with E-state index in [0.29, 0.717) is 5.56 Å². The lowest BCUT2D eigenvalue weighted by Gasteiger charge is -2.16. The van der Waals surface area contributed by atoms with E-state index in [1.807, 2.05) is 0 Å². The summed E-state index contributed by atoms with van der Waals surface area (Å²) in [4.78, 5) is 25.7. The number of β-amino-alcohol motifs (C(OH)–C–C–N with tert-alkyl or cyclic N) is 1. The number of rotatable bonds is 5. The average Bonchev–Trinajstić information content (AvgIpc) is 3.10. The van der Waals surface area contributed by atoms with Gasteiger partial charge in [0, 0.05) is 12.2 Å². The first-order chi connectivity index (χ1) is 12.0. The van der Waals surface area contributed by atoms with E-state index in [4.69, 9.17) is 14.5 Å². The minimum absolute atomic E-state index is 0.0228. The molecule has 2 aliphatic rings. The van der Waals surface area contributed by atoms with Crippen LogP contribution < -0.4 is 10.8 Å². The molecule has 0 aliphatic carbocycles. The molecule has 0 bridgehead atoms. The van der Waals surface area contributed by atoms with Gasteiger partial charge in [-0.25, -0.2) is 9.18 Å². The van der Waals surface area contributed by atoms with Crippen molar-refractivity contribution in [2.24, 2.45) is 0 Å². The molecular weight excluding hydrogens is 334 g/mol. The monoisotopic (exact) mass is 350 g/mol. The van der Waals surface area contributed by atoms with Crippen LogP contribution >= 0.6 is 0 Å². The molecule has 0 saturated carbocycles. The summed E-state index contributed by atoms with van der Waals surface area (Å²) in [6, 6.07) is 2.31. The van der Waals surface area contributed by atoms with E-state index in [-0.39, 0.29) is 48.7 Å². The molecule has 8 nitrogen and oxygen atoms in total. The highest BCUT2D eigenvalue weighted by molar-refractivity contribution is 6.61. The maximum absolute atomic E-state index is 13.8. The van der Waals surface area contributed by atoms with Gasteiger partial charge in [0.1, 0.15) is 11.5 Å². The van der Waals surface area contributed by atoms with Crippen molar-refractivity contribution in [2.45, 2.75) is 6.61 Å². The number of nitrogens with zero attached hydrogens (tertiary/aromatic N) is 1. The number of halogens is 1.